The molecule has 4 nitrogen and oxygen atoms in total. The van der Waals surface area contributed by atoms with Crippen molar-refractivity contribution < 1.29 is 4.79 Å². The van der Waals surface area contributed by atoms with E-state index in [0.29, 0.717) is 0 Å². The molecule has 1 aliphatic rings. The molecule has 0 spiro atoms. The number of rotatable bonds is 2. The molecule has 0 aromatic carbocycles. The maximum Gasteiger partial charge on any atom is 0.255 e. The van der Waals surface area contributed by atoms with Crippen LogP contribution in [0.15, 0.2) is 29.0 Å². The van der Waals surface area contributed by atoms with Crippen LogP contribution in [0, 0.1) is 6.92 Å². The highest BCUT2D eigenvalue weighted by Crippen LogP contribution is 2.22. The van der Waals surface area contributed by atoms with E-state index in [4.69, 9.17) is 0 Å². The van der Waals surface area contributed by atoms with Gasteiger partial charge in [0.1, 0.15) is 0 Å². The summed E-state index contributed by atoms with van der Waals surface area (Å²) in [5.41, 5.74) is 3.58. The second-order valence-electron chi connectivity index (χ2n) is 5.44. The van der Waals surface area contributed by atoms with Gasteiger partial charge in [-0.05, 0) is 37.6 Å². The zero-order valence-electron chi connectivity index (χ0n) is 12.4. The number of aromatic nitrogens is 1. The molecule has 110 valence electrons. The van der Waals surface area contributed by atoms with Gasteiger partial charge in [-0.3, -0.25) is 9.78 Å². The largest absolute Gasteiger partial charge is 0.336 e. The highest BCUT2D eigenvalue weighted by atomic mass is 32.1. The van der Waals surface area contributed by atoms with Gasteiger partial charge >= 0.3 is 0 Å². The lowest BCUT2D eigenvalue weighted by Gasteiger charge is -2.32. The molecular weight excluding hydrogens is 282 g/mol. The number of thiophene rings is 1. The predicted molar refractivity (Wildman–Crippen MR) is 85.7 cm³/mol. The van der Waals surface area contributed by atoms with Crippen molar-refractivity contribution in [3.05, 3.63) is 40.2 Å². The van der Waals surface area contributed by atoms with Crippen LogP contribution in [-0.2, 0) is 0 Å². The topological polar surface area (TPSA) is 36.4 Å². The fraction of sp³-hybridized carbons (Fsp3) is 0.375. The maximum atomic E-state index is 12.6. The van der Waals surface area contributed by atoms with Gasteiger partial charge in [-0.1, -0.05) is 0 Å². The molecule has 2 aromatic heterocycles. The maximum absolute atomic E-state index is 12.6. The number of carbonyl (C=O) groups is 1. The van der Waals surface area contributed by atoms with Gasteiger partial charge < -0.3 is 9.80 Å². The van der Waals surface area contributed by atoms with Crippen LogP contribution in [-0.4, -0.2) is 53.9 Å². The Balaban J connectivity index is 1.81. The average Bonchev–Trinajstić information content (AvgIpc) is 3.01. The van der Waals surface area contributed by atoms with Crippen LogP contribution < -0.4 is 0 Å². The zero-order chi connectivity index (χ0) is 14.8. The van der Waals surface area contributed by atoms with Gasteiger partial charge in [0.2, 0.25) is 0 Å². The average molecular weight is 301 g/mol. The minimum absolute atomic E-state index is 0.102. The van der Waals surface area contributed by atoms with Crippen LogP contribution in [0.1, 0.15) is 16.1 Å². The second kappa shape index (κ2) is 5.95. The smallest absolute Gasteiger partial charge is 0.255 e. The predicted octanol–water partition coefficient (Wildman–Crippen LogP) is 2.51. The number of pyridine rings is 1. The van der Waals surface area contributed by atoms with E-state index in [2.05, 4.69) is 28.4 Å². The Morgan fingerprint density at radius 2 is 1.95 bits per heavy atom. The van der Waals surface area contributed by atoms with Gasteiger partial charge in [0.25, 0.3) is 5.91 Å². The van der Waals surface area contributed by atoms with Crippen LogP contribution in [0.2, 0.25) is 0 Å². The fourth-order valence-corrected chi connectivity index (χ4v) is 3.19. The van der Waals surface area contributed by atoms with E-state index in [9.17, 15) is 4.79 Å². The van der Waals surface area contributed by atoms with Gasteiger partial charge in [0.05, 0.1) is 17.0 Å². The molecule has 1 amide bonds. The molecule has 3 rings (SSSR count). The molecule has 2 aromatic rings. The normalized spacial score (nSPS) is 16.2. The van der Waals surface area contributed by atoms with Crippen molar-refractivity contribution >= 4 is 17.2 Å². The molecule has 1 saturated heterocycles. The minimum Gasteiger partial charge on any atom is -0.336 e. The van der Waals surface area contributed by atoms with E-state index in [1.807, 2.05) is 29.3 Å². The first-order valence-electron chi connectivity index (χ1n) is 7.13. The first kappa shape index (κ1) is 14.2. The summed E-state index contributed by atoms with van der Waals surface area (Å²) in [6, 6.07) is 5.91. The quantitative estimate of drug-likeness (QED) is 0.855. The van der Waals surface area contributed by atoms with E-state index < -0.39 is 0 Å². The summed E-state index contributed by atoms with van der Waals surface area (Å²) < 4.78 is 0. The highest BCUT2D eigenvalue weighted by Gasteiger charge is 2.22. The number of likely N-dealkylation sites (N-methyl/N-ethyl adjacent to an activating group) is 1. The second-order valence-corrected chi connectivity index (χ2v) is 6.22. The van der Waals surface area contributed by atoms with Crippen LogP contribution in [0.4, 0.5) is 0 Å². The van der Waals surface area contributed by atoms with E-state index in [1.165, 1.54) is 0 Å². The molecule has 5 heteroatoms. The molecule has 0 unspecified atom stereocenters. The SMILES string of the molecule is Cc1nc(-c2ccsc2)ccc1C(=O)N1CCN(C)CC1. The van der Waals surface area contributed by atoms with Gasteiger partial charge in [0, 0.05) is 37.1 Å². The molecule has 0 saturated carbocycles. The molecule has 1 aliphatic heterocycles. The summed E-state index contributed by atoms with van der Waals surface area (Å²) in [4.78, 5) is 21.4. The van der Waals surface area contributed by atoms with E-state index in [0.717, 1.165) is 48.7 Å². The molecule has 0 aliphatic carbocycles. The summed E-state index contributed by atoms with van der Waals surface area (Å²) in [6.07, 6.45) is 0. The third-order valence-electron chi connectivity index (χ3n) is 3.92. The Labute approximate surface area is 129 Å². The molecule has 0 radical (unpaired) electrons. The van der Waals surface area contributed by atoms with Crippen molar-refractivity contribution in [3.63, 3.8) is 0 Å². The van der Waals surface area contributed by atoms with Crippen LogP contribution >= 0.6 is 11.3 Å². The molecular formula is C16H19N3OS. The minimum atomic E-state index is 0.102. The molecule has 0 atom stereocenters. The Kier molecular flexibility index (Phi) is 4.03. The van der Waals surface area contributed by atoms with Crippen molar-refractivity contribution in [1.29, 1.82) is 0 Å². The number of aryl methyl sites for hydroxylation is 1. The third-order valence-corrected chi connectivity index (χ3v) is 4.61. The number of piperazine rings is 1. The summed E-state index contributed by atoms with van der Waals surface area (Å²) in [5.74, 6) is 0.102. The third kappa shape index (κ3) is 2.99. The Morgan fingerprint density at radius 1 is 1.19 bits per heavy atom. The van der Waals surface area contributed by atoms with Crippen molar-refractivity contribution in [2.24, 2.45) is 0 Å². The Bertz CT molecular complexity index is 631. The summed E-state index contributed by atoms with van der Waals surface area (Å²) in [7, 11) is 2.09. The molecule has 1 fully saturated rings. The molecule has 3 heterocycles. The van der Waals surface area contributed by atoms with Crippen molar-refractivity contribution in [2.45, 2.75) is 6.92 Å². The van der Waals surface area contributed by atoms with Crippen molar-refractivity contribution in [3.8, 4) is 11.3 Å². The number of hydrogen-bond acceptors (Lipinski definition) is 4. The van der Waals surface area contributed by atoms with Crippen LogP contribution in [0.5, 0.6) is 0 Å². The number of nitrogens with zero attached hydrogens (tertiary/aromatic N) is 3. The first-order valence-corrected chi connectivity index (χ1v) is 8.07. The van der Waals surface area contributed by atoms with Crippen molar-refractivity contribution in [1.82, 2.24) is 14.8 Å². The summed E-state index contributed by atoms with van der Waals surface area (Å²) in [6.45, 7) is 5.37. The number of carbonyl (C=O) groups excluding carboxylic acids is 1. The lowest BCUT2D eigenvalue weighted by atomic mass is 10.1. The lowest BCUT2D eigenvalue weighted by Crippen LogP contribution is -2.47. The van der Waals surface area contributed by atoms with E-state index in [1.54, 1.807) is 11.3 Å². The monoisotopic (exact) mass is 301 g/mol. The number of amides is 1. The fourth-order valence-electron chi connectivity index (χ4n) is 2.54. The van der Waals surface area contributed by atoms with Crippen LogP contribution in [0.25, 0.3) is 11.3 Å². The number of hydrogen-bond donors (Lipinski definition) is 0. The van der Waals surface area contributed by atoms with Gasteiger partial charge in [-0.25, -0.2) is 0 Å². The summed E-state index contributed by atoms with van der Waals surface area (Å²) >= 11 is 1.65. The zero-order valence-corrected chi connectivity index (χ0v) is 13.2. The summed E-state index contributed by atoms with van der Waals surface area (Å²) in [5, 5.41) is 4.11. The van der Waals surface area contributed by atoms with Gasteiger partial charge in [-0.15, -0.1) is 0 Å². The molecule has 21 heavy (non-hydrogen) atoms. The molecule has 0 N–H and O–H groups in total. The highest BCUT2D eigenvalue weighted by molar-refractivity contribution is 7.08. The van der Waals surface area contributed by atoms with E-state index in [-0.39, 0.29) is 5.91 Å². The van der Waals surface area contributed by atoms with Crippen molar-refractivity contribution in [2.75, 3.05) is 33.2 Å². The Morgan fingerprint density at radius 3 is 2.57 bits per heavy atom. The Hall–Kier alpha value is -1.72. The standard InChI is InChI=1S/C16H19N3OS/c1-12-14(16(20)19-8-6-18(2)7-9-19)3-4-15(17-12)13-5-10-21-11-13/h3-5,10-11H,6-9H2,1-2H3. The molecule has 0 bridgehead atoms. The van der Waals surface area contributed by atoms with Crippen LogP contribution in [0.3, 0.4) is 0 Å². The van der Waals surface area contributed by atoms with Gasteiger partial charge in [0.15, 0.2) is 0 Å². The van der Waals surface area contributed by atoms with Gasteiger partial charge in [-0.2, -0.15) is 11.3 Å². The first-order chi connectivity index (χ1) is 10.1. The van der Waals surface area contributed by atoms with E-state index >= 15 is 0 Å². The lowest BCUT2D eigenvalue weighted by molar-refractivity contribution is 0.0663.